The zero-order chi connectivity index (χ0) is 45.8. The monoisotopic (exact) mass is 877 g/mol. The first-order valence-corrected chi connectivity index (χ1v) is 24.2. The third-order valence-electron chi connectivity index (χ3n) is 15.7. The lowest BCUT2D eigenvalue weighted by atomic mass is 9.70. The maximum Gasteiger partial charge on any atom is 0.0725 e. The molecule has 3 aliphatic rings. The molecule has 1 heteroatoms. The van der Waals surface area contributed by atoms with Gasteiger partial charge >= 0.3 is 0 Å². The standard InChI is InChI=1S/C68H47N/c1-67(2)63-42-50(54-24-15-27-62-66(54)59-40-48-20-9-10-21-49(48)41-65(59)68(62)60-25-13-11-22-55(60)56-23-12-14-26-61(56)68)32-38-57(63)58-39-37-53(43-64(58)67)69(51-33-28-46(29-34-51)44-16-5-3-6-17-44)52-35-30-47(31-36-52)45-18-7-4-8-19-45/h3-43H,1-2H3. The number of nitrogens with zero attached hydrogens (tertiary/aromatic N) is 1. The predicted molar refractivity (Wildman–Crippen MR) is 289 cm³/mol. The highest BCUT2D eigenvalue weighted by Crippen LogP contribution is 2.65. The Kier molecular flexibility index (Phi) is 8.61. The van der Waals surface area contributed by atoms with Gasteiger partial charge in [0.1, 0.15) is 0 Å². The molecule has 0 saturated heterocycles. The molecule has 0 radical (unpaired) electrons. The normalized spacial score (nSPS) is 13.9. The summed E-state index contributed by atoms with van der Waals surface area (Å²) in [5.41, 5.74) is 26.2. The van der Waals surface area contributed by atoms with Gasteiger partial charge in [0.05, 0.1) is 5.41 Å². The van der Waals surface area contributed by atoms with E-state index < -0.39 is 5.41 Å². The van der Waals surface area contributed by atoms with E-state index in [1.807, 2.05) is 0 Å². The molecule has 14 rings (SSSR count). The van der Waals surface area contributed by atoms with Gasteiger partial charge in [-0.05, 0) is 166 Å². The summed E-state index contributed by atoms with van der Waals surface area (Å²) in [7, 11) is 0. The molecule has 324 valence electrons. The second-order valence-electron chi connectivity index (χ2n) is 19.6. The number of anilines is 3. The van der Waals surface area contributed by atoms with Gasteiger partial charge in [0.25, 0.3) is 0 Å². The average Bonchev–Trinajstić information content (AvgIpc) is 3.96. The fourth-order valence-corrected chi connectivity index (χ4v) is 12.5. The minimum absolute atomic E-state index is 0.257. The largest absolute Gasteiger partial charge is 0.310 e. The van der Waals surface area contributed by atoms with Crippen molar-refractivity contribution in [2.45, 2.75) is 24.7 Å². The summed E-state index contributed by atoms with van der Waals surface area (Å²) in [6.07, 6.45) is 0. The molecule has 3 aliphatic carbocycles. The first-order chi connectivity index (χ1) is 34.0. The minimum atomic E-state index is -0.420. The first kappa shape index (κ1) is 39.6. The van der Waals surface area contributed by atoms with E-state index in [1.165, 1.54) is 111 Å². The van der Waals surface area contributed by atoms with E-state index >= 15 is 0 Å². The van der Waals surface area contributed by atoms with Crippen LogP contribution in [-0.4, -0.2) is 0 Å². The highest BCUT2D eigenvalue weighted by molar-refractivity contribution is 6.04. The lowest BCUT2D eigenvalue weighted by Crippen LogP contribution is -2.25. The number of fused-ring (bicyclic) bond motifs is 14. The average molecular weight is 878 g/mol. The third-order valence-corrected chi connectivity index (χ3v) is 15.7. The molecule has 0 fully saturated rings. The molecule has 1 spiro atoms. The lowest BCUT2D eigenvalue weighted by Gasteiger charge is -2.30. The molecule has 0 aliphatic heterocycles. The minimum Gasteiger partial charge on any atom is -0.310 e. The van der Waals surface area contributed by atoms with Crippen molar-refractivity contribution in [3.63, 3.8) is 0 Å². The molecule has 0 bridgehead atoms. The fraction of sp³-hybridized carbons (Fsp3) is 0.0588. The van der Waals surface area contributed by atoms with Crippen LogP contribution >= 0.6 is 0 Å². The Bertz CT molecular complexity index is 3710. The van der Waals surface area contributed by atoms with Gasteiger partial charge in [-0.25, -0.2) is 0 Å². The van der Waals surface area contributed by atoms with Gasteiger partial charge in [-0.1, -0.05) is 208 Å². The van der Waals surface area contributed by atoms with E-state index in [9.17, 15) is 0 Å². The molecule has 0 N–H and O–H groups in total. The van der Waals surface area contributed by atoms with Gasteiger partial charge in [0.15, 0.2) is 0 Å². The van der Waals surface area contributed by atoms with E-state index in [1.54, 1.807) is 0 Å². The Balaban J connectivity index is 0.901. The van der Waals surface area contributed by atoms with Gasteiger partial charge in [-0.3, -0.25) is 0 Å². The van der Waals surface area contributed by atoms with Gasteiger partial charge < -0.3 is 4.90 Å². The smallest absolute Gasteiger partial charge is 0.0725 e. The SMILES string of the molecule is CC1(C)c2cc(-c3cccc4c3-c3cc5ccccc5cc3C43c4ccccc4-c4ccccc43)ccc2-c2ccc(N(c3ccc(-c4ccccc4)cc3)c3ccc(-c4ccccc4)cc3)cc21. The fourth-order valence-electron chi connectivity index (χ4n) is 12.5. The van der Waals surface area contributed by atoms with Gasteiger partial charge in [-0.15, -0.1) is 0 Å². The summed E-state index contributed by atoms with van der Waals surface area (Å²) < 4.78 is 0. The maximum absolute atomic E-state index is 2.51. The van der Waals surface area contributed by atoms with E-state index in [4.69, 9.17) is 0 Å². The highest BCUT2D eigenvalue weighted by atomic mass is 15.1. The Morgan fingerprint density at radius 1 is 0.261 bits per heavy atom. The Morgan fingerprint density at radius 2 is 0.696 bits per heavy atom. The molecule has 1 nitrogen and oxygen atoms in total. The molecule has 0 saturated carbocycles. The molecule has 0 amide bonds. The second-order valence-corrected chi connectivity index (χ2v) is 19.6. The van der Waals surface area contributed by atoms with Crippen LogP contribution in [-0.2, 0) is 10.8 Å². The highest BCUT2D eigenvalue weighted by Gasteiger charge is 2.52. The van der Waals surface area contributed by atoms with E-state index in [0.717, 1.165) is 17.1 Å². The summed E-state index contributed by atoms with van der Waals surface area (Å²) in [5, 5.41) is 2.54. The van der Waals surface area contributed by atoms with Crippen LogP contribution in [0.5, 0.6) is 0 Å². The second kappa shape index (κ2) is 15.0. The van der Waals surface area contributed by atoms with Gasteiger partial charge in [-0.2, -0.15) is 0 Å². The Hall–Kier alpha value is -8.52. The molecule has 11 aromatic rings. The van der Waals surface area contributed by atoms with E-state index in [-0.39, 0.29) is 5.41 Å². The van der Waals surface area contributed by atoms with Crippen LogP contribution in [0.1, 0.15) is 47.2 Å². The van der Waals surface area contributed by atoms with E-state index in [0.29, 0.717) is 0 Å². The van der Waals surface area contributed by atoms with Crippen molar-refractivity contribution in [1.82, 2.24) is 0 Å². The molecule has 0 atom stereocenters. The molecule has 0 aromatic heterocycles. The van der Waals surface area contributed by atoms with Crippen molar-refractivity contribution in [3.05, 3.63) is 282 Å². The van der Waals surface area contributed by atoms with Gasteiger partial charge in [0.2, 0.25) is 0 Å². The van der Waals surface area contributed by atoms with Crippen molar-refractivity contribution >= 4 is 27.8 Å². The van der Waals surface area contributed by atoms with Crippen LogP contribution in [0.15, 0.2) is 249 Å². The van der Waals surface area contributed by atoms with Crippen molar-refractivity contribution in [2.75, 3.05) is 4.90 Å². The predicted octanol–water partition coefficient (Wildman–Crippen LogP) is 18.0. The molecule has 0 unspecified atom stereocenters. The van der Waals surface area contributed by atoms with Crippen molar-refractivity contribution in [3.8, 4) is 66.8 Å². The summed E-state index contributed by atoms with van der Waals surface area (Å²) in [4.78, 5) is 2.41. The molecular formula is C68H47N. The van der Waals surface area contributed by atoms with Crippen LogP contribution in [0.2, 0.25) is 0 Å². The Labute approximate surface area is 404 Å². The topological polar surface area (TPSA) is 3.24 Å². The van der Waals surface area contributed by atoms with Crippen LogP contribution in [0.3, 0.4) is 0 Å². The molecule has 69 heavy (non-hydrogen) atoms. The van der Waals surface area contributed by atoms with Crippen LogP contribution in [0.4, 0.5) is 17.1 Å². The van der Waals surface area contributed by atoms with Crippen LogP contribution < -0.4 is 4.90 Å². The Morgan fingerprint density at radius 3 is 1.30 bits per heavy atom. The molecule has 0 heterocycles. The first-order valence-electron chi connectivity index (χ1n) is 24.2. The number of benzene rings is 11. The zero-order valence-electron chi connectivity index (χ0n) is 38.6. The third kappa shape index (κ3) is 5.77. The number of rotatable bonds is 6. The van der Waals surface area contributed by atoms with Crippen molar-refractivity contribution in [1.29, 1.82) is 0 Å². The van der Waals surface area contributed by atoms with Crippen molar-refractivity contribution in [2.24, 2.45) is 0 Å². The number of hydrogen-bond acceptors (Lipinski definition) is 1. The van der Waals surface area contributed by atoms with E-state index in [2.05, 4.69) is 267 Å². The maximum atomic E-state index is 2.51. The number of hydrogen-bond donors (Lipinski definition) is 0. The van der Waals surface area contributed by atoms with Gasteiger partial charge in [0, 0.05) is 22.5 Å². The summed E-state index contributed by atoms with van der Waals surface area (Å²) in [6.45, 7) is 4.83. The van der Waals surface area contributed by atoms with Crippen molar-refractivity contribution < 1.29 is 0 Å². The molecule has 11 aromatic carbocycles. The lowest BCUT2D eigenvalue weighted by molar-refractivity contribution is 0.660. The summed E-state index contributed by atoms with van der Waals surface area (Å²) in [5.74, 6) is 0. The zero-order valence-corrected chi connectivity index (χ0v) is 38.6. The van der Waals surface area contributed by atoms with Crippen LogP contribution in [0.25, 0.3) is 77.5 Å². The van der Waals surface area contributed by atoms with Crippen LogP contribution in [0, 0.1) is 0 Å². The molecular weight excluding hydrogens is 831 g/mol. The summed E-state index contributed by atoms with van der Waals surface area (Å²) >= 11 is 0. The summed E-state index contributed by atoms with van der Waals surface area (Å²) in [6, 6.07) is 92.9. The quantitative estimate of drug-likeness (QED) is 0.161.